The van der Waals surface area contributed by atoms with Gasteiger partial charge < -0.3 is 5.73 Å². The van der Waals surface area contributed by atoms with Crippen LogP contribution in [0.1, 0.15) is 5.82 Å². The van der Waals surface area contributed by atoms with Crippen LogP contribution < -0.4 is 10.5 Å². The molecule has 18 heavy (non-hydrogen) atoms. The third kappa shape index (κ3) is 2.80. The summed E-state index contributed by atoms with van der Waals surface area (Å²) in [6.45, 7) is -0.0925. The number of aromatic nitrogens is 5. The number of hydrogen-bond acceptors (Lipinski definition) is 7. The number of anilines is 1. The zero-order valence-electron chi connectivity index (χ0n) is 8.83. The van der Waals surface area contributed by atoms with Gasteiger partial charge in [-0.15, -0.1) is 10.2 Å². The zero-order valence-corrected chi connectivity index (χ0v) is 11.2. The summed E-state index contributed by atoms with van der Waals surface area (Å²) in [6, 6.07) is 1.36. The van der Waals surface area contributed by atoms with Crippen molar-refractivity contribution >= 4 is 31.8 Å². The quantitative estimate of drug-likeness (QED) is 0.679. The minimum Gasteiger partial charge on any atom is -0.383 e. The summed E-state index contributed by atoms with van der Waals surface area (Å²) in [5.41, 5.74) is 5.52. The molecular weight excluding hydrogens is 326 g/mol. The maximum Gasteiger partial charge on any atom is 0.244 e. The molecule has 2 aromatic heterocycles. The van der Waals surface area contributed by atoms with Gasteiger partial charge in [-0.1, -0.05) is 5.21 Å². The van der Waals surface area contributed by atoms with Crippen LogP contribution in [0.3, 0.4) is 0 Å². The molecule has 0 aliphatic rings. The van der Waals surface area contributed by atoms with Gasteiger partial charge in [0.05, 0.1) is 6.54 Å². The van der Waals surface area contributed by atoms with E-state index in [1.807, 2.05) is 0 Å². The van der Waals surface area contributed by atoms with E-state index >= 15 is 0 Å². The van der Waals surface area contributed by atoms with Gasteiger partial charge in [0.25, 0.3) is 0 Å². The number of halogens is 1. The number of rotatable bonds is 4. The van der Waals surface area contributed by atoms with Crippen LogP contribution in [0.2, 0.25) is 0 Å². The number of nitrogens with two attached hydrogens (primary N) is 1. The van der Waals surface area contributed by atoms with E-state index in [9.17, 15) is 8.42 Å². The van der Waals surface area contributed by atoms with Gasteiger partial charge >= 0.3 is 0 Å². The second kappa shape index (κ2) is 4.96. The lowest BCUT2D eigenvalue weighted by molar-refractivity contribution is 0.579. The molecule has 0 aliphatic carbocycles. The number of nitrogens with zero attached hydrogens (tertiary/aromatic N) is 4. The molecule has 2 rings (SSSR count). The lowest BCUT2D eigenvalue weighted by Crippen LogP contribution is -2.25. The van der Waals surface area contributed by atoms with Crippen molar-refractivity contribution in [1.29, 1.82) is 0 Å². The van der Waals surface area contributed by atoms with E-state index in [1.54, 1.807) is 0 Å². The first-order valence-corrected chi connectivity index (χ1v) is 6.89. The van der Waals surface area contributed by atoms with Crippen LogP contribution >= 0.6 is 15.9 Å². The fraction of sp³-hybridized carbons (Fsp3) is 0.143. The van der Waals surface area contributed by atoms with Crippen molar-refractivity contribution in [2.75, 3.05) is 5.73 Å². The number of H-pyrrole nitrogens is 1. The number of tetrazole rings is 1. The Balaban J connectivity index is 2.22. The van der Waals surface area contributed by atoms with E-state index in [-0.39, 0.29) is 23.1 Å². The largest absolute Gasteiger partial charge is 0.383 e. The predicted molar refractivity (Wildman–Crippen MR) is 64.6 cm³/mol. The van der Waals surface area contributed by atoms with Crippen molar-refractivity contribution in [3.8, 4) is 0 Å². The molecule has 11 heteroatoms. The normalized spacial score (nSPS) is 11.6. The summed E-state index contributed by atoms with van der Waals surface area (Å²) in [5.74, 6) is 0.138. The molecule has 9 nitrogen and oxygen atoms in total. The molecule has 0 fully saturated rings. The van der Waals surface area contributed by atoms with Gasteiger partial charge in [0.2, 0.25) is 10.0 Å². The molecule has 0 saturated heterocycles. The summed E-state index contributed by atoms with van der Waals surface area (Å²) in [7, 11) is -3.78. The van der Waals surface area contributed by atoms with E-state index in [0.29, 0.717) is 4.47 Å². The van der Waals surface area contributed by atoms with Crippen molar-refractivity contribution in [3.05, 3.63) is 22.6 Å². The maximum atomic E-state index is 12.0. The molecule has 2 heterocycles. The minimum atomic E-state index is -3.78. The number of nitrogen functional groups attached to an aromatic ring is 1. The summed E-state index contributed by atoms with van der Waals surface area (Å²) < 4.78 is 26.7. The highest BCUT2D eigenvalue weighted by atomic mass is 79.9. The number of aromatic amines is 1. The molecule has 0 atom stereocenters. The Labute approximate surface area is 110 Å². The van der Waals surface area contributed by atoms with Crippen LogP contribution in [0.15, 0.2) is 21.6 Å². The Kier molecular flexibility index (Phi) is 3.54. The van der Waals surface area contributed by atoms with Gasteiger partial charge in [-0.25, -0.2) is 18.1 Å². The van der Waals surface area contributed by atoms with Gasteiger partial charge in [0.15, 0.2) is 5.82 Å². The zero-order chi connectivity index (χ0) is 13.2. The first-order valence-electron chi connectivity index (χ1n) is 4.62. The Hall–Kier alpha value is -1.59. The van der Waals surface area contributed by atoms with Crippen LogP contribution in [0.4, 0.5) is 5.82 Å². The first-order chi connectivity index (χ1) is 8.49. The number of pyridine rings is 1. The van der Waals surface area contributed by atoms with E-state index in [4.69, 9.17) is 5.73 Å². The Bertz CT molecular complexity index is 642. The van der Waals surface area contributed by atoms with E-state index in [1.165, 1.54) is 12.3 Å². The molecule has 0 aliphatic heterocycles. The number of nitrogens with one attached hydrogen (secondary N) is 2. The van der Waals surface area contributed by atoms with Crippen molar-refractivity contribution in [2.45, 2.75) is 11.4 Å². The molecule has 0 radical (unpaired) electrons. The Morgan fingerprint density at radius 2 is 2.28 bits per heavy atom. The van der Waals surface area contributed by atoms with Gasteiger partial charge in [0.1, 0.15) is 10.7 Å². The molecule has 2 aromatic rings. The fourth-order valence-electron chi connectivity index (χ4n) is 1.14. The molecule has 0 bridgehead atoms. The highest BCUT2D eigenvalue weighted by Crippen LogP contribution is 2.20. The van der Waals surface area contributed by atoms with E-state index in [2.05, 4.69) is 46.3 Å². The lowest BCUT2D eigenvalue weighted by Gasteiger charge is -2.07. The second-order valence-electron chi connectivity index (χ2n) is 3.19. The third-order valence-corrected chi connectivity index (χ3v) is 3.81. The monoisotopic (exact) mass is 333 g/mol. The fourth-order valence-corrected chi connectivity index (χ4v) is 2.71. The lowest BCUT2D eigenvalue weighted by atomic mass is 10.5. The van der Waals surface area contributed by atoms with Crippen molar-refractivity contribution in [2.24, 2.45) is 0 Å². The van der Waals surface area contributed by atoms with Crippen molar-refractivity contribution < 1.29 is 8.42 Å². The van der Waals surface area contributed by atoms with Crippen molar-refractivity contribution in [3.63, 3.8) is 0 Å². The minimum absolute atomic E-state index is 0.0844. The summed E-state index contributed by atoms with van der Waals surface area (Å²) in [4.78, 5) is 3.64. The first kappa shape index (κ1) is 12.9. The molecule has 4 N–H and O–H groups in total. The second-order valence-corrected chi connectivity index (χ2v) is 5.84. The Morgan fingerprint density at radius 3 is 2.94 bits per heavy atom. The SMILES string of the molecule is Nc1ncc(Br)cc1S(=O)(=O)NCc1nn[nH]n1. The van der Waals surface area contributed by atoms with Crippen LogP contribution in [-0.4, -0.2) is 34.0 Å². The smallest absolute Gasteiger partial charge is 0.244 e. The maximum absolute atomic E-state index is 12.0. The average molecular weight is 334 g/mol. The van der Waals surface area contributed by atoms with Crippen molar-refractivity contribution in [1.82, 2.24) is 30.3 Å². The summed E-state index contributed by atoms with van der Waals surface area (Å²) >= 11 is 3.13. The summed E-state index contributed by atoms with van der Waals surface area (Å²) in [5, 5.41) is 12.8. The third-order valence-electron chi connectivity index (χ3n) is 1.95. The van der Waals surface area contributed by atoms with Crippen LogP contribution in [0.25, 0.3) is 0 Å². The van der Waals surface area contributed by atoms with Gasteiger partial charge in [-0.2, -0.15) is 5.21 Å². The van der Waals surface area contributed by atoms with Gasteiger partial charge in [0, 0.05) is 10.7 Å². The highest BCUT2D eigenvalue weighted by molar-refractivity contribution is 9.10. The molecule has 96 valence electrons. The molecular formula is C7H8BrN7O2S. The Morgan fingerprint density at radius 1 is 1.50 bits per heavy atom. The van der Waals surface area contributed by atoms with E-state index < -0.39 is 10.0 Å². The molecule has 0 spiro atoms. The molecule has 0 amide bonds. The number of sulfonamides is 1. The van der Waals surface area contributed by atoms with Crippen LogP contribution in [0.5, 0.6) is 0 Å². The van der Waals surface area contributed by atoms with Gasteiger partial charge in [-0.3, -0.25) is 0 Å². The van der Waals surface area contributed by atoms with Gasteiger partial charge in [-0.05, 0) is 22.0 Å². The van der Waals surface area contributed by atoms with E-state index in [0.717, 1.165) is 0 Å². The van der Waals surface area contributed by atoms with Crippen LogP contribution in [0, 0.1) is 0 Å². The highest BCUT2D eigenvalue weighted by Gasteiger charge is 2.19. The topological polar surface area (TPSA) is 140 Å². The molecule has 0 aromatic carbocycles. The predicted octanol–water partition coefficient (Wildman–Crippen LogP) is -0.582. The number of hydrogen-bond donors (Lipinski definition) is 3. The summed E-state index contributed by atoms with van der Waals surface area (Å²) in [6.07, 6.45) is 1.41. The molecule has 0 unspecified atom stereocenters. The van der Waals surface area contributed by atoms with Crippen LogP contribution in [-0.2, 0) is 16.6 Å². The average Bonchev–Trinajstić information content (AvgIpc) is 2.83. The standard InChI is InChI=1S/C7H8BrN7O2S/c8-4-1-5(7(9)10-2-4)18(16,17)11-3-6-12-14-15-13-6/h1-2,11H,3H2,(H2,9,10)(H,12,13,14,15). The molecule has 0 saturated carbocycles.